The first-order chi connectivity index (χ1) is 13.4. The number of aryl methyl sites for hydroxylation is 1. The average molecular weight is 383 g/mol. The Morgan fingerprint density at radius 2 is 1.79 bits per heavy atom. The summed E-state index contributed by atoms with van der Waals surface area (Å²) in [7, 11) is 0. The zero-order valence-electron chi connectivity index (χ0n) is 16.0. The Bertz CT molecular complexity index is 847. The molecule has 28 heavy (non-hydrogen) atoms. The first kappa shape index (κ1) is 21.1. The van der Waals surface area contributed by atoms with Crippen molar-refractivity contribution < 1.29 is 19.5 Å². The summed E-state index contributed by atoms with van der Waals surface area (Å²) < 4.78 is 0. The van der Waals surface area contributed by atoms with Crippen LogP contribution in [0.15, 0.2) is 48.5 Å². The summed E-state index contributed by atoms with van der Waals surface area (Å²) in [5, 5.41) is 16.8. The van der Waals surface area contributed by atoms with Crippen LogP contribution >= 0.6 is 0 Å². The fourth-order valence-corrected chi connectivity index (χ4v) is 2.60. The number of hydrogen-bond acceptors (Lipinski definition) is 4. The van der Waals surface area contributed by atoms with Crippen molar-refractivity contribution in [2.24, 2.45) is 0 Å². The second-order valence-electron chi connectivity index (χ2n) is 6.43. The normalized spacial score (nSPS) is 11.4. The van der Waals surface area contributed by atoms with Gasteiger partial charge in [0.05, 0.1) is 23.9 Å². The minimum atomic E-state index is -0.897. The molecule has 0 aliphatic rings. The molecule has 0 aliphatic carbocycles. The molecule has 2 aromatic rings. The Hall–Kier alpha value is -3.19. The molecule has 2 aromatic carbocycles. The van der Waals surface area contributed by atoms with Gasteiger partial charge in [0, 0.05) is 6.54 Å². The summed E-state index contributed by atoms with van der Waals surface area (Å²) in [6.07, 6.45) is 0.494. The lowest BCUT2D eigenvalue weighted by atomic mass is 10.1. The predicted octanol–water partition coefficient (Wildman–Crippen LogP) is 1.75. The Labute approximate surface area is 164 Å². The van der Waals surface area contributed by atoms with E-state index in [0.717, 1.165) is 11.1 Å². The van der Waals surface area contributed by atoms with Crippen molar-refractivity contribution in [3.05, 3.63) is 65.2 Å². The van der Waals surface area contributed by atoms with Gasteiger partial charge in [-0.1, -0.05) is 48.9 Å². The molecule has 148 valence electrons. The molecule has 0 fully saturated rings. The number of para-hydroxylation sites is 1. The van der Waals surface area contributed by atoms with Gasteiger partial charge in [0.2, 0.25) is 0 Å². The molecule has 0 saturated carbocycles. The highest BCUT2D eigenvalue weighted by molar-refractivity contribution is 6.40. The van der Waals surface area contributed by atoms with Crippen LogP contribution in [0.5, 0.6) is 0 Å². The molecule has 0 radical (unpaired) electrons. The van der Waals surface area contributed by atoms with E-state index >= 15 is 0 Å². The van der Waals surface area contributed by atoms with Gasteiger partial charge in [-0.05, 0) is 31.0 Å². The third-order valence-electron chi connectivity index (χ3n) is 4.21. The van der Waals surface area contributed by atoms with Crippen LogP contribution in [0.1, 0.15) is 34.8 Å². The van der Waals surface area contributed by atoms with E-state index in [2.05, 4.69) is 16.0 Å². The van der Waals surface area contributed by atoms with Crippen molar-refractivity contribution in [1.29, 1.82) is 0 Å². The number of carbonyl (C=O) groups excluding carboxylic acids is 3. The Morgan fingerprint density at radius 1 is 1.04 bits per heavy atom. The van der Waals surface area contributed by atoms with Gasteiger partial charge in [-0.2, -0.15) is 0 Å². The summed E-state index contributed by atoms with van der Waals surface area (Å²) in [6.45, 7) is 3.85. The van der Waals surface area contributed by atoms with Crippen LogP contribution in [0.2, 0.25) is 0 Å². The summed E-state index contributed by atoms with van der Waals surface area (Å²) in [4.78, 5) is 36.6. The molecular weight excluding hydrogens is 358 g/mol. The minimum absolute atomic E-state index is 0.237. The summed E-state index contributed by atoms with van der Waals surface area (Å²) in [5.74, 6) is -2.12. The van der Waals surface area contributed by atoms with Gasteiger partial charge in [-0.3, -0.25) is 14.4 Å². The zero-order chi connectivity index (χ0) is 20.5. The van der Waals surface area contributed by atoms with Crippen LogP contribution in [0, 0.1) is 6.92 Å². The molecule has 0 aromatic heterocycles. The largest absolute Gasteiger partial charge is 0.394 e. The van der Waals surface area contributed by atoms with Crippen LogP contribution in [0.25, 0.3) is 0 Å². The van der Waals surface area contributed by atoms with Gasteiger partial charge < -0.3 is 21.1 Å². The van der Waals surface area contributed by atoms with E-state index in [-0.39, 0.29) is 23.8 Å². The third kappa shape index (κ3) is 5.92. The SMILES string of the molecule is CC[C@H](CO)NC(=O)C(=O)Nc1ccccc1C(=O)NCc1cccc(C)c1. The van der Waals surface area contributed by atoms with Gasteiger partial charge in [0.25, 0.3) is 5.91 Å². The van der Waals surface area contributed by atoms with Crippen LogP contribution in [-0.4, -0.2) is 35.5 Å². The highest BCUT2D eigenvalue weighted by Gasteiger charge is 2.19. The average Bonchev–Trinajstić information content (AvgIpc) is 2.70. The molecule has 3 amide bonds. The zero-order valence-corrected chi connectivity index (χ0v) is 16.0. The number of benzene rings is 2. The van der Waals surface area contributed by atoms with E-state index in [1.165, 1.54) is 0 Å². The van der Waals surface area contributed by atoms with E-state index in [9.17, 15) is 14.4 Å². The van der Waals surface area contributed by atoms with Crippen LogP contribution in [-0.2, 0) is 16.1 Å². The van der Waals surface area contributed by atoms with Crippen molar-refractivity contribution in [3.63, 3.8) is 0 Å². The van der Waals surface area contributed by atoms with Crippen molar-refractivity contribution in [1.82, 2.24) is 10.6 Å². The molecule has 0 bridgehead atoms. The van der Waals surface area contributed by atoms with E-state index in [1.807, 2.05) is 31.2 Å². The van der Waals surface area contributed by atoms with Crippen molar-refractivity contribution in [2.45, 2.75) is 32.9 Å². The maximum atomic E-state index is 12.5. The molecule has 1 atom stereocenters. The molecule has 4 N–H and O–H groups in total. The quantitative estimate of drug-likeness (QED) is 0.546. The van der Waals surface area contributed by atoms with Gasteiger partial charge in [-0.25, -0.2) is 0 Å². The van der Waals surface area contributed by atoms with Gasteiger partial charge >= 0.3 is 11.8 Å². The number of rotatable bonds is 7. The molecule has 0 saturated heterocycles. The number of amides is 3. The van der Waals surface area contributed by atoms with E-state index < -0.39 is 17.9 Å². The van der Waals surface area contributed by atoms with Crippen LogP contribution < -0.4 is 16.0 Å². The smallest absolute Gasteiger partial charge is 0.313 e. The Kier molecular flexibility index (Phi) is 7.71. The lowest BCUT2D eigenvalue weighted by molar-refractivity contribution is -0.136. The molecular formula is C21H25N3O4. The number of aliphatic hydroxyl groups excluding tert-OH is 1. The predicted molar refractivity (Wildman–Crippen MR) is 107 cm³/mol. The van der Waals surface area contributed by atoms with Crippen molar-refractivity contribution >= 4 is 23.4 Å². The summed E-state index contributed by atoms with van der Waals surface area (Å²) >= 11 is 0. The van der Waals surface area contributed by atoms with Crippen molar-refractivity contribution in [3.8, 4) is 0 Å². The topological polar surface area (TPSA) is 108 Å². The molecule has 0 spiro atoms. The molecule has 7 heteroatoms. The second kappa shape index (κ2) is 10.2. The summed E-state index contributed by atoms with van der Waals surface area (Å²) in [5.41, 5.74) is 2.55. The van der Waals surface area contributed by atoms with E-state index in [4.69, 9.17) is 5.11 Å². The van der Waals surface area contributed by atoms with Crippen LogP contribution in [0.4, 0.5) is 5.69 Å². The van der Waals surface area contributed by atoms with E-state index in [1.54, 1.807) is 31.2 Å². The number of nitrogens with one attached hydrogen (secondary N) is 3. The minimum Gasteiger partial charge on any atom is -0.394 e. The Balaban J connectivity index is 2.04. The fraction of sp³-hybridized carbons (Fsp3) is 0.286. The first-order valence-corrected chi connectivity index (χ1v) is 9.10. The van der Waals surface area contributed by atoms with E-state index in [0.29, 0.717) is 13.0 Å². The number of anilines is 1. The van der Waals surface area contributed by atoms with Gasteiger partial charge in [0.1, 0.15) is 0 Å². The molecule has 2 rings (SSSR count). The number of aliphatic hydroxyl groups is 1. The fourth-order valence-electron chi connectivity index (χ4n) is 2.60. The lowest BCUT2D eigenvalue weighted by Crippen LogP contribution is -2.43. The lowest BCUT2D eigenvalue weighted by Gasteiger charge is -2.15. The Morgan fingerprint density at radius 3 is 2.46 bits per heavy atom. The van der Waals surface area contributed by atoms with Crippen molar-refractivity contribution in [2.75, 3.05) is 11.9 Å². The first-order valence-electron chi connectivity index (χ1n) is 9.10. The maximum Gasteiger partial charge on any atom is 0.313 e. The molecule has 0 unspecified atom stereocenters. The number of hydrogen-bond donors (Lipinski definition) is 4. The molecule has 0 heterocycles. The van der Waals surface area contributed by atoms with Crippen LogP contribution in [0.3, 0.4) is 0 Å². The second-order valence-corrected chi connectivity index (χ2v) is 6.43. The molecule has 0 aliphatic heterocycles. The standard InChI is InChI=1S/C21H25N3O4/c1-3-16(13-25)23-20(27)21(28)24-18-10-5-4-9-17(18)19(26)22-12-15-8-6-7-14(2)11-15/h4-11,16,25H,3,12-13H2,1-2H3,(H,22,26)(H,23,27)(H,24,28)/t16-/m1/s1. The number of carbonyl (C=O) groups is 3. The summed E-state index contributed by atoms with van der Waals surface area (Å²) in [6, 6.07) is 13.7. The van der Waals surface area contributed by atoms with Gasteiger partial charge in [-0.15, -0.1) is 0 Å². The van der Waals surface area contributed by atoms with Gasteiger partial charge in [0.15, 0.2) is 0 Å². The monoisotopic (exact) mass is 383 g/mol. The third-order valence-corrected chi connectivity index (χ3v) is 4.21. The highest BCUT2D eigenvalue weighted by atomic mass is 16.3. The maximum absolute atomic E-state index is 12.5. The highest BCUT2D eigenvalue weighted by Crippen LogP contribution is 2.15. The molecule has 7 nitrogen and oxygen atoms in total.